The van der Waals surface area contributed by atoms with E-state index < -0.39 is 0 Å². The summed E-state index contributed by atoms with van der Waals surface area (Å²) < 4.78 is 0. The summed E-state index contributed by atoms with van der Waals surface area (Å²) in [6.07, 6.45) is 0.901. The van der Waals surface area contributed by atoms with Gasteiger partial charge in [-0.3, -0.25) is 4.79 Å². The van der Waals surface area contributed by atoms with Crippen LogP contribution >= 0.6 is 0 Å². The van der Waals surface area contributed by atoms with Crippen LogP contribution in [0.3, 0.4) is 0 Å². The molecule has 0 saturated heterocycles. The van der Waals surface area contributed by atoms with E-state index in [1.165, 1.54) is 5.56 Å². The number of hydrogen-bond acceptors (Lipinski definition) is 4. The number of carbonyl (C=O) groups is 1. The lowest BCUT2D eigenvalue weighted by Crippen LogP contribution is -2.28. The van der Waals surface area contributed by atoms with Crippen molar-refractivity contribution in [2.24, 2.45) is 0 Å². The molecule has 1 amide bonds. The standard InChI is InChI=1S/C18H24N4O/c1-4-11-19-17(23)16-12-14(3)20-18(21-16)22(5-2)13-15-9-7-6-8-10-15/h6-10,12H,4-5,11,13H2,1-3H3,(H,19,23). The minimum absolute atomic E-state index is 0.144. The Bertz CT molecular complexity index is 643. The van der Waals surface area contributed by atoms with E-state index in [1.807, 2.05) is 32.0 Å². The van der Waals surface area contributed by atoms with Crippen LogP contribution in [0.4, 0.5) is 5.95 Å². The maximum Gasteiger partial charge on any atom is 0.270 e. The fourth-order valence-electron chi connectivity index (χ4n) is 2.27. The predicted molar refractivity (Wildman–Crippen MR) is 92.6 cm³/mol. The van der Waals surface area contributed by atoms with Gasteiger partial charge in [0.1, 0.15) is 5.69 Å². The zero-order valence-corrected chi connectivity index (χ0v) is 14.0. The molecule has 1 aromatic carbocycles. The molecule has 2 aromatic rings. The number of aryl methyl sites for hydroxylation is 1. The number of carbonyl (C=O) groups excluding carboxylic acids is 1. The Hall–Kier alpha value is -2.43. The topological polar surface area (TPSA) is 58.1 Å². The molecule has 2 rings (SSSR count). The van der Waals surface area contributed by atoms with Crippen LogP contribution in [0, 0.1) is 6.92 Å². The molecule has 0 aliphatic carbocycles. The molecule has 0 bridgehead atoms. The van der Waals surface area contributed by atoms with Gasteiger partial charge in [-0.15, -0.1) is 0 Å². The third-order valence-electron chi connectivity index (χ3n) is 3.49. The van der Waals surface area contributed by atoms with E-state index in [-0.39, 0.29) is 5.91 Å². The minimum atomic E-state index is -0.144. The molecule has 5 heteroatoms. The first kappa shape index (κ1) is 16.9. The normalized spacial score (nSPS) is 10.4. The van der Waals surface area contributed by atoms with Crippen molar-refractivity contribution in [1.82, 2.24) is 15.3 Å². The van der Waals surface area contributed by atoms with Crippen LogP contribution in [0.2, 0.25) is 0 Å². The zero-order chi connectivity index (χ0) is 16.7. The highest BCUT2D eigenvalue weighted by atomic mass is 16.1. The minimum Gasteiger partial charge on any atom is -0.351 e. The van der Waals surface area contributed by atoms with Crippen molar-refractivity contribution >= 4 is 11.9 Å². The monoisotopic (exact) mass is 312 g/mol. The SMILES string of the molecule is CCCNC(=O)c1cc(C)nc(N(CC)Cc2ccccc2)n1. The van der Waals surface area contributed by atoms with Gasteiger partial charge in [-0.25, -0.2) is 9.97 Å². The van der Waals surface area contributed by atoms with Crippen LogP contribution in [-0.4, -0.2) is 29.0 Å². The van der Waals surface area contributed by atoms with E-state index in [2.05, 4.69) is 39.2 Å². The Morgan fingerprint density at radius 2 is 1.91 bits per heavy atom. The second-order valence-corrected chi connectivity index (χ2v) is 5.45. The number of aromatic nitrogens is 2. The van der Waals surface area contributed by atoms with E-state index in [9.17, 15) is 4.79 Å². The predicted octanol–water partition coefficient (Wildman–Crippen LogP) is 2.95. The van der Waals surface area contributed by atoms with Crippen molar-refractivity contribution in [3.05, 3.63) is 53.3 Å². The van der Waals surface area contributed by atoms with Gasteiger partial charge >= 0.3 is 0 Å². The van der Waals surface area contributed by atoms with Gasteiger partial charge in [0, 0.05) is 25.3 Å². The van der Waals surface area contributed by atoms with E-state index in [0.717, 1.165) is 25.2 Å². The highest BCUT2D eigenvalue weighted by Crippen LogP contribution is 2.14. The van der Waals surface area contributed by atoms with E-state index >= 15 is 0 Å². The number of hydrogen-bond donors (Lipinski definition) is 1. The largest absolute Gasteiger partial charge is 0.351 e. The van der Waals surface area contributed by atoms with Crippen molar-refractivity contribution in [3.8, 4) is 0 Å². The highest BCUT2D eigenvalue weighted by molar-refractivity contribution is 5.92. The number of amides is 1. The molecule has 1 heterocycles. The lowest BCUT2D eigenvalue weighted by molar-refractivity contribution is 0.0948. The molecule has 0 fully saturated rings. The van der Waals surface area contributed by atoms with Gasteiger partial charge in [0.05, 0.1) is 0 Å². The van der Waals surface area contributed by atoms with Gasteiger partial charge in [0.2, 0.25) is 5.95 Å². The summed E-state index contributed by atoms with van der Waals surface area (Å²) in [5.74, 6) is 0.451. The van der Waals surface area contributed by atoms with Gasteiger partial charge in [0.15, 0.2) is 0 Å². The Balaban J connectivity index is 2.22. The smallest absolute Gasteiger partial charge is 0.270 e. The average molecular weight is 312 g/mol. The lowest BCUT2D eigenvalue weighted by atomic mass is 10.2. The summed E-state index contributed by atoms with van der Waals surface area (Å²) in [6, 6.07) is 11.9. The second-order valence-electron chi connectivity index (χ2n) is 5.45. The van der Waals surface area contributed by atoms with Crippen molar-refractivity contribution in [2.75, 3.05) is 18.0 Å². The first-order valence-corrected chi connectivity index (χ1v) is 8.06. The average Bonchev–Trinajstić information content (AvgIpc) is 2.57. The molecule has 1 N–H and O–H groups in total. The molecule has 0 aliphatic heterocycles. The summed E-state index contributed by atoms with van der Waals surface area (Å²) >= 11 is 0. The van der Waals surface area contributed by atoms with E-state index in [1.54, 1.807) is 6.07 Å². The number of nitrogens with one attached hydrogen (secondary N) is 1. The molecule has 23 heavy (non-hydrogen) atoms. The van der Waals surface area contributed by atoms with Gasteiger partial charge in [0.25, 0.3) is 5.91 Å². The quantitative estimate of drug-likeness (QED) is 0.854. The molecule has 122 valence electrons. The van der Waals surface area contributed by atoms with Crippen LogP contribution in [-0.2, 0) is 6.54 Å². The van der Waals surface area contributed by atoms with Crippen LogP contribution in [0.5, 0.6) is 0 Å². The fourth-order valence-corrected chi connectivity index (χ4v) is 2.27. The van der Waals surface area contributed by atoms with Gasteiger partial charge < -0.3 is 10.2 Å². The van der Waals surface area contributed by atoms with Crippen molar-refractivity contribution in [2.45, 2.75) is 33.7 Å². The van der Waals surface area contributed by atoms with Gasteiger partial charge in [-0.2, -0.15) is 0 Å². The molecule has 1 aromatic heterocycles. The first-order chi connectivity index (χ1) is 11.1. The maximum absolute atomic E-state index is 12.2. The van der Waals surface area contributed by atoms with E-state index in [0.29, 0.717) is 18.2 Å². The summed E-state index contributed by atoms with van der Waals surface area (Å²) in [7, 11) is 0. The second kappa shape index (κ2) is 8.27. The molecule has 0 atom stereocenters. The Morgan fingerprint density at radius 3 is 2.57 bits per heavy atom. The third kappa shape index (κ3) is 4.77. The van der Waals surface area contributed by atoms with Gasteiger partial charge in [-0.1, -0.05) is 37.3 Å². The fraction of sp³-hybridized carbons (Fsp3) is 0.389. The molecular weight excluding hydrogens is 288 g/mol. The lowest BCUT2D eigenvalue weighted by Gasteiger charge is -2.21. The first-order valence-electron chi connectivity index (χ1n) is 8.06. The number of benzene rings is 1. The Kier molecular flexibility index (Phi) is 6.09. The van der Waals surface area contributed by atoms with Crippen molar-refractivity contribution < 1.29 is 4.79 Å². The molecule has 5 nitrogen and oxygen atoms in total. The van der Waals surface area contributed by atoms with Crippen molar-refractivity contribution in [3.63, 3.8) is 0 Å². The van der Waals surface area contributed by atoms with Crippen LogP contribution in [0.15, 0.2) is 36.4 Å². The Morgan fingerprint density at radius 1 is 1.17 bits per heavy atom. The van der Waals surface area contributed by atoms with Crippen LogP contribution in [0.1, 0.15) is 42.0 Å². The summed E-state index contributed by atoms with van der Waals surface area (Å²) in [4.78, 5) is 23.2. The van der Waals surface area contributed by atoms with Crippen molar-refractivity contribution in [1.29, 1.82) is 0 Å². The van der Waals surface area contributed by atoms with Gasteiger partial charge in [-0.05, 0) is 31.9 Å². The number of rotatable bonds is 7. The number of anilines is 1. The molecule has 0 unspecified atom stereocenters. The Labute approximate surface area is 137 Å². The van der Waals surface area contributed by atoms with E-state index in [4.69, 9.17) is 0 Å². The molecular formula is C18H24N4O. The molecule has 0 aliphatic rings. The molecule has 0 saturated carbocycles. The maximum atomic E-state index is 12.2. The highest BCUT2D eigenvalue weighted by Gasteiger charge is 2.14. The summed E-state index contributed by atoms with van der Waals surface area (Å²) in [5, 5.41) is 2.86. The molecule has 0 radical (unpaired) electrons. The summed E-state index contributed by atoms with van der Waals surface area (Å²) in [5.41, 5.74) is 2.41. The zero-order valence-electron chi connectivity index (χ0n) is 14.0. The molecule has 0 spiro atoms. The third-order valence-corrected chi connectivity index (χ3v) is 3.49. The summed E-state index contributed by atoms with van der Waals surface area (Å²) in [6.45, 7) is 8.11. The number of nitrogens with zero attached hydrogens (tertiary/aromatic N) is 3. The van der Waals surface area contributed by atoms with Crippen LogP contribution in [0.25, 0.3) is 0 Å². The van der Waals surface area contributed by atoms with Crippen LogP contribution < -0.4 is 10.2 Å².